The Hall–Kier alpha value is -1.54. The van der Waals surface area contributed by atoms with Gasteiger partial charge in [0, 0.05) is 11.4 Å². The van der Waals surface area contributed by atoms with E-state index in [0.29, 0.717) is 0 Å². The molecule has 1 fully saturated rings. The van der Waals surface area contributed by atoms with Gasteiger partial charge in [0.15, 0.2) is 0 Å². The Labute approximate surface area is 120 Å². The highest BCUT2D eigenvalue weighted by Crippen LogP contribution is 2.28. The molecule has 0 amide bonds. The Morgan fingerprint density at radius 1 is 0.850 bits per heavy atom. The maximum absolute atomic E-state index is 6.32. The molecule has 1 aliphatic carbocycles. The summed E-state index contributed by atoms with van der Waals surface area (Å²) in [6, 6.07) is 14.8. The van der Waals surface area contributed by atoms with E-state index >= 15 is 0 Å². The van der Waals surface area contributed by atoms with Crippen LogP contribution in [-0.4, -0.2) is 12.1 Å². The molecule has 0 heterocycles. The normalized spacial score (nSPS) is 24.1. The zero-order chi connectivity index (χ0) is 13.8. The molecule has 0 aromatic heterocycles. The van der Waals surface area contributed by atoms with E-state index < -0.39 is 0 Å². The van der Waals surface area contributed by atoms with Crippen LogP contribution in [0.4, 0.5) is 0 Å². The van der Waals surface area contributed by atoms with Crippen molar-refractivity contribution in [1.29, 1.82) is 0 Å². The Morgan fingerprint density at radius 2 is 1.60 bits per heavy atom. The van der Waals surface area contributed by atoms with Gasteiger partial charge in [-0.3, -0.25) is 0 Å². The number of nitrogens with two attached hydrogens (primary N) is 1. The number of benzene rings is 2. The molecule has 2 N–H and O–H groups in total. The first-order valence-corrected chi connectivity index (χ1v) is 7.74. The summed E-state index contributed by atoms with van der Waals surface area (Å²) in [4.78, 5) is 0. The Kier molecular flexibility index (Phi) is 4.22. The van der Waals surface area contributed by atoms with Crippen molar-refractivity contribution >= 4 is 10.8 Å². The molecule has 0 bridgehead atoms. The van der Waals surface area contributed by atoms with Crippen molar-refractivity contribution in [3.05, 3.63) is 42.5 Å². The minimum Gasteiger partial charge on any atom is -0.488 e. The van der Waals surface area contributed by atoms with Crippen LogP contribution in [0.25, 0.3) is 10.8 Å². The summed E-state index contributed by atoms with van der Waals surface area (Å²) in [5.74, 6) is 0.976. The summed E-state index contributed by atoms with van der Waals surface area (Å²) in [7, 11) is 0. The lowest BCUT2D eigenvalue weighted by Gasteiger charge is -2.27. The topological polar surface area (TPSA) is 35.2 Å². The molecule has 1 aliphatic rings. The third-order valence-corrected chi connectivity index (χ3v) is 4.28. The standard InChI is InChI=1S/C18H23NO/c19-16-11-3-1-2-4-12-18(16)20-17-13-7-9-14-8-5-6-10-15(14)17/h5-10,13,16,18H,1-4,11-12,19H2. The van der Waals surface area contributed by atoms with Gasteiger partial charge < -0.3 is 10.5 Å². The van der Waals surface area contributed by atoms with Crippen molar-refractivity contribution in [3.8, 4) is 5.75 Å². The second-order valence-electron chi connectivity index (χ2n) is 5.79. The van der Waals surface area contributed by atoms with Crippen molar-refractivity contribution in [2.24, 2.45) is 5.73 Å². The molecular formula is C18H23NO. The molecule has 0 spiro atoms. The fraction of sp³-hybridized carbons (Fsp3) is 0.444. The van der Waals surface area contributed by atoms with Gasteiger partial charge in [-0.1, -0.05) is 55.7 Å². The van der Waals surface area contributed by atoms with Gasteiger partial charge in [-0.2, -0.15) is 0 Å². The van der Waals surface area contributed by atoms with Gasteiger partial charge in [0.2, 0.25) is 0 Å². The fourth-order valence-corrected chi connectivity index (χ4v) is 3.09. The van der Waals surface area contributed by atoms with E-state index in [1.165, 1.54) is 36.5 Å². The SMILES string of the molecule is NC1CCCCCCC1Oc1cccc2ccccc12. The van der Waals surface area contributed by atoms with E-state index in [1.807, 2.05) is 0 Å². The van der Waals surface area contributed by atoms with Gasteiger partial charge in [0.25, 0.3) is 0 Å². The average molecular weight is 269 g/mol. The van der Waals surface area contributed by atoms with Gasteiger partial charge in [-0.15, -0.1) is 0 Å². The van der Waals surface area contributed by atoms with Crippen molar-refractivity contribution in [1.82, 2.24) is 0 Å². The highest BCUT2D eigenvalue weighted by atomic mass is 16.5. The van der Waals surface area contributed by atoms with Crippen LogP contribution in [0, 0.1) is 0 Å². The molecule has 2 aromatic rings. The van der Waals surface area contributed by atoms with E-state index in [-0.39, 0.29) is 12.1 Å². The summed E-state index contributed by atoms with van der Waals surface area (Å²) in [6.45, 7) is 0. The van der Waals surface area contributed by atoms with Crippen molar-refractivity contribution in [3.63, 3.8) is 0 Å². The lowest BCUT2D eigenvalue weighted by Crippen LogP contribution is -2.39. The maximum atomic E-state index is 6.32. The smallest absolute Gasteiger partial charge is 0.127 e. The van der Waals surface area contributed by atoms with E-state index in [4.69, 9.17) is 10.5 Å². The summed E-state index contributed by atoms with van der Waals surface area (Å²) in [5.41, 5.74) is 6.32. The molecule has 1 saturated carbocycles. The van der Waals surface area contributed by atoms with Crippen LogP contribution in [-0.2, 0) is 0 Å². The molecule has 3 rings (SSSR count). The molecule has 0 saturated heterocycles. The predicted molar refractivity (Wildman–Crippen MR) is 84.0 cm³/mol. The van der Waals surface area contributed by atoms with Gasteiger partial charge in [0.05, 0.1) is 0 Å². The summed E-state index contributed by atoms with van der Waals surface area (Å²) in [5, 5.41) is 2.41. The number of rotatable bonds is 2. The van der Waals surface area contributed by atoms with Crippen LogP contribution in [0.2, 0.25) is 0 Å². The highest BCUT2D eigenvalue weighted by molar-refractivity contribution is 5.88. The van der Waals surface area contributed by atoms with Gasteiger partial charge >= 0.3 is 0 Å². The van der Waals surface area contributed by atoms with Gasteiger partial charge in [0.1, 0.15) is 11.9 Å². The minimum atomic E-state index is 0.154. The van der Waals surface area contributed by atoms with E-state index in [0.717, 1.165) is 18.6 Å². The fourth-order valence-electron chi connectivity index (χ4n) is 3.09. The monoisotopic (exact) mass is 269 g/mol. The second kappa shape index (κ2) is 6.27. The van der Waals surface area contributed by atoms with E-state index in [2.05, 4.69) is 42.5 Å². The van der Waals surface area contributed by atoms with Crippen LogP contribution < -0.4 is 10.5 Å². The summed E-state index contributed by atoms with van der Waals surface area (Å²) in [6.07, 6.45) is 7.39. The van der Waals surface area contributed by atoms with Crippen LogP contribution in [0.1, 0.15) is 38.5 Å². The van der Waals surface area contributed by atoms with Crippen LogP contribution in [0.15, 0.2) is 42.5 Å². The molecule has 2 unspecified atom stereocenters. The highest BCUT2D eigenvalue weighted by Gasteiger charge is 2.21. The molecule has 106 valence electrons. The first-order chi connectivity index (χ1) is 9.84. The molecule has 2 aromatic carbocycles. The molecule has 0 aliphatic heterocycles. The lowest BCUT2D eigenvalue weighted by molar-refractivity contribution is 0.147. The number of fused-ring (bicyclic) bond motifs is 1. The predicted octanol–water partition coefficient (Wildman–Crippen LogP) is 4.27. The molecule has 2 heteroatoms. The summed E-state index contributed by atoms with van der Waals surface area (Å²) >= 11 is 0. The molecule has 0 radical (unpaired) electrons. The first-order valence-electron chi connectivity index (χ1n) is 7.74. The van der Waals surface area contributed by atoms with Crippen LogP contribution in [0.5, 0.6) is 5.75 Å². The second-order valence-corrected chi connectivity index (χ2v) is 5.79. The quantitative estimate of drug-likeness (QED) is 0.883. The van der Waals surface area contributed by atoms with E-state index in [1.54, 1.807) is 0 Å². The minimum absolute atomic E-state index is 0.154. The van der Waals surface area contributed by atoms with Crippen LogP contribution >= 0.6 is 0 Å². The van der Waals surface area contributed by atoms with Crippen molar-refractivity contribution in [2.45, 2.75) is 50.7 Å². The Morgan fingerprint density at radius 3 is 2.50 bits per heavy atom. The zero-order valence-electron chi connectivity index (χ0n) is 11.9. The van der Waals surface area contributed by atoms with Crippen molar-refractivity contribution < 1.29 is 4.74 Å². The number of ether oxygens (including phenoxy) is 1. The molecular weight excluding hydrogens is 246 g/mol. The largest absolute Gasteiger partial charge is 0.488 e. The Bertz CT molecular complexity index is 561. The van der Waals surface area contributed by atoms with Gasteiger partial charge in [-0.25, -0.2) is 0 Å². The Balaban J connectivity index is 1.84. The first kappa shape index (κ1) is 13.4. The molecule has 2 nitrogen and oxygen atoms in total. The van der Waals surface area contributed by atoms with Crippen molar-refractivity contribution in [2.75, 3.05) is 0 Å². The van der Waals surface area contributed by atoms with E-state index in [9.17, 15) is 0 Å². The number of hydrogen-bond acceptors (Lipinski definition) is 2. The lowest BCUT2D eigenvalue weighted by atomic mass is 9.94. The third kappa shape index (κ3) is 2.96. The average Bonchev–Trinajstić information content (AvgIpc) is 2.47. The van der Waals surface area contributed by atoms with Crippen LogP contribution in [0.3, 0.4) is 0 Å². The zero-order valence-corrected chi connectivity index (χ0v) is 11.9. The third-order valence-electron chi connectivity index (χ3n) is 4.28. The van der Waals surface area contributed by atoms with Gasteiger partial charge in [-0.05, 0) is 30.7 Å². The number of hydrogen-bond donors (Lipinski definition) is 1. The molecule has 2 atom stereocenters. The molecule has 20 heavy (non-hydrogen) atoms. The summed E-state index contributed by atoms with van der Waals surface area (Å²) < 4.78 is 6.29. The maximum Gasteiger partial charge on any atom is 0.127 e.